The number of methoxy groups -OCH3 is 1. The van der Waals surface area contributed by atoms with Crippen LogP contribution in [0.5, 0.6) is 5.75 Å². The van der Waals surface area contributed by atoms with Gasteiger partial charge in [0.15, 0.2) is 0 Å². The van der Waals surface area contributed by atoms with E-state index >= 15 is 0 Å². The van der Waals surface area contributed by atoms with Crippen LogP contribution in [0.4, 0.5) is 0 Å². The Morgan fingerprint density at radius 1 is 1.11 bits per heavy atom. The maximum atomic E-state index is 12.7. The number of ether oxygens (including phenoxy) is 2. The highest BCUT2D eigenvalue weighted by molar-refractivity contribution is 5.94. The van der Waals surface area contributed by atoms with E-state index < -0.39 is 0 Å². The van der Waals surface area contributed by atoms with Crippen LogP contribution in [0.3, 0.4) is 0 Å². The van der Waals surface area contributed by atoms with Crippen molar-refractivity contribution in [1.82, 2.24) is 10.2 Å². The molecule has 1 amide bonds. The normalized spacial score (nSPS) is 16.0. The van der Waals surface area contributed by atoms with Crippen molar-refractivity contribution in [2.45, 2.75) is 19.9 Å². The quantitative estimate of drug-likeness (QED) is 0.851. The van der Waals surface area contributed by atoms with E-state index in [1.54, 1.807) is 7.11 Å². The zero-order chi connectivity index (χ0) is 19.2. The molecule has 2 aromatic carbocycles. The molecule has 3 rings (SSSR count). The minimum Gasteiger partial charge on any atom is -0.497 e. The summed E-state index contributed by atoms with van der Waals surface area (Å²) in [5.74, 6) is 0.795. The molecule has 1 N–H and O–H groups in total. The highest BCUT2D eigenvalue weighted by Gasteiger charge is 2.23. The molecule has 0 aliphatic carbocycles. The number of benzene rings is 2. The molecule has 144 valence electrons. The van der Waals surface area contributed by atoms with Crippen LogP contribution >= 0.6 is 0 Å². The molecule has 27 heavy (non-hydrogen) atoms. The highest BCUT2D eigenvalue weighted by Crippen LogP contribution is 2.24. The van der Waals surface area contributed by atoms with Gasteiger partial charge in [-0.05, 0) is 54.8 Å². The van der Waals surface area contributed by atoms with Crippen molar-refractivity contribution in [3.8, 4) is 5.75 Å². The molecular weight excluding hydrogens is 340 g/mol. The monoisotopic (exact) mass is 368 g/mol. The van der Waals surface area contributed by atoms with Crippen LogP contribution in [0, 0.1) is 13.8 Å². The Bertz CT molecular complexity index is 768. The van der Waals surface area contributed by atoms with Gasteiger partial charge in [0, 0.05) is 25.2 Å². The molecule has 0 spiro atoms. The zero-order valence-corrected chi connectivity index (χ0v) is 16.3. The van der Waals surface area contributed by atoms with Crippen LogP contribution < -0.4 is 10.1 Å². The molecule has 1 fully saturated rings. The lowest BCUT2D eigenvalue weighted by Crippen LogP contribution is -2.43. The lowest BCUT2D eigenvalue weighted by atomic mass is 10.0. The molecule has 2 aromatic rings. The van der Waals surface area contributed by atoms with Gasteiger partial charge in [-0.2, -0.15) is 0 Å². The van der Waals surface area contributed by atoms with E-state index in [1.165, 1.54) is 5.56 Å². The van der Waals surface area contributed by atoms with Crippen LogP contribution in [0.25, 0.3) is 0 Å². The molecule has 1 aliphatic rings. The first-order valence-electron chi connectivity index (χ1n) is 9.39. The van der Waals surface area contributed by atoms with Crippen LogP contribution in [-0.2, 0) is 4.74 Å². The van der Waals surface area contributed by atoms with Gasteiger partial charge in [0.25, 0.3) is 5.91 Å². The SMILES string of the molecule is COc1ccc(C(CNC(=O)c2ccc(C)c(C)c2)N2CCOCC2)cc1. The van der Waals surface area contributed by atoms with Crippen molar-refractivity contribution in [2.75, 3.05) is 40.0 Å². The number of carbonyl (C=O) groups is 1. The minimum atomic E-state index is -0.0372. The number of hydrogen-bond donors (Lipinski definition) is 1. The lowest BCUT2D eigenvalue weighted by Gasteiger charge is -2.35. The second-order valence-electron chi connectivity index (χ2n) is 6.95. The Balaban J connectivity index is 1.73. The Labute approximate surface area is 161 Å². The maximum absolute atomic E-state index is 12.7. The van der Waals surface area contributed by atoms with Gasteiger partial charge >= 0.3 is 0 Å². The molecule has 1 saturated heterocycles. The summed E-state index contributed by atoms with van der Waals surface area (Å²) in [7, 11) is 1.66. The van der Waals surface area contributed by atoms with Crippen molar-refractivity contribution in [1.29, 1.82) is 0 Å². The molecule has 1 heterocycles. The average molecular weight is 368 g/mol. The van der Waals surface area contributed by atoms with E-state index in [1.807, 2.05) is 37.3 Å². The molecule has 5 nitrogen and oxygen atoms in total. The largest absolute Gasteiger partial charge is 0.497 e. The van der Waals surface area contributed by atoms with Gasteiger partial charge in [-0.1, -0.05) is 18.2 Å². The fraction of sp³-hybridized carbons (Fsp3) is 0.409. The Hall–Kier alpha value is -2.37. The van der Waals surface area contributed by atoms with E-state index in [4.69, 9.17) is 9.47 Å². The number of nitrogens with one attached hydrogen (secondary N) is 1. The second-order valence-corrected chi connectivity index (χ2v) is 6.95. The standard InChI is InChI=1S/C22H28N2O3/c1-16-4-5-19(14-17(16)2)22(25)23-15-21(24-10-12-27-13-11-24)18-6-8-20(26-3)9-7-18/h4-9,14,21H,10-13,15H2,1-3H3,(H,23,25). The molecule has 1 unspecified atom stereocenters. The van der Waals surface area contributed by atoms with Gasteiger partial charge < -0.3 is 14.8 Å². The van der Waals surface area contributed by atoms with Gasteiger partial charge in [0.05, 0.1) is 26.4 Å². The highest BCUT2D eigenvalue weighted by atomic mass is 16.5. The summed E-state index contributed by atoms with van der Waals surface area (Å²) in [6.07, 6.45) is 0. The fourth-order valence-corrected chi connectivity index (χ4v) is 3.35. The van der Waals surface area contributed by atoms with Gasteiger partial charge in [-0.15, -0.1) is 0 Å². The van der Waals surface area contributed by atoms with Crippen LogP contribution in [0.1, 0.15) is 33.1 Å². The molecule has 0 radical (unpaired) electrons. The number of aryl methyl sites for hydroxylation is 2. The summed E-state index contributed by atoms with van der Waals surface area (Å²) < 4.78 is 10.8. The number of amides is 1. The summed E-state index contributed by atoms with van der Waals surface area (Å²) in [6, 6.07) is 14.0. The van der Waals surface area contributed by atoms with Crippen LogP contribution in [-0.4, -0.2) is 50.8 Å². The third-order valence-electron chi connectivity index (χ3n) is 5.21. The Morgan fingerprint density at radius 2 is 1.81 bits per heavy atom. The van der Waals surface area contributed by atoms with E-state index in [0.717, 1.165) is 43.2 Å². The second kappa shape index (κ2) is 9.02. The summed E-state index contributed by atoms with van der Waals surface area (Å²) in [5, 5.41) is 3.12. The first kappa shape index (κ1) is 19.4. The van der Waals surface area contributed by atoms with Crippen LogP contribution in [0.15, 0.2) is 42.5 Å². The number of carbonyl (C=O) groups excluding carboxylic acids is 1. The van der Waals surface area contributed by atoms with Gasteiger partial charge in [-0.25, -0.2) is 0 Å². The van der Waals surface area contributed by atoms with Gasteiger partial charge in [0.2, 0.25) is 0 Å². The van der Waals surface area contributed by atoms with Crippen molar-refractivity contribution in [3.05, 3.63) is 64.7 Å². The minimum absolute atomic E-state index is 0.0372. The molecule has 1 atom stereocenters. The topological polar surface area (TPSA) is 50.8 Å². The lowest BCUT2D eigenvalue weighted by molar-refractivity contribution is 0.0162. The molecule has 0 aromatic heterocycles. The predicted molar refractivity (Wildman–Crippen MR) is 106 cm³/mol. The summed E-state index contributed by atoms with van der Waals surface area (Å²) >= 11 is 0. The van der Waals surface area contributed by atoms with Gasteiger partial charge in [0.1, 0.15) is 5.75 Å². The smallest absolute Gasteiger partial charge is 0.251 e. The molecule has 0 bridgehead atoms. The summed E-state index contributed by atoms with van der Waals surface area (Å²) in [4.78, 5) is 15.0. The van der Waals surface area contributed by atoms with Crippen molar-refractivity contribution in [3.63, 3.8) is 0 Å². The molecule has 5 heteroatoms. The number of nitrogens with zero attached hydrogens (tertiary/aromatic N) is 1. The molecule has 0 saturated carbocycles. The zero-order valence-electron chi connectivity index (χ0n) is 16.3. The van der Waals surface area contributed by atoms with Crippen molar-refractivity contribution >= 4 is 5.91 Å². The van der Waals surface area contributed by atoms with Crippen molar-refractivity contribution in [2.24, 2.45) is 0 Å². The maximum Gasteiger partial charge on any atom is 0.251 e. The fourth-order valence-electron chi connectivity index (χ4n) is 3.35. The third kappa shape index (κ3) is 4.87. The molecular formula is C22H28N2O3. The predicted octanol–water partition coefficient (Wildman–Crippen LogP) is 3.12. The Kier molecular flexibility index (Phi) is 6.48. The first-order chi connectivity index (χ1) is 13.1. The average Bonchev–Trinajstić information content (AvgIpc) is 2.71. The van der Waals surface area contributed by atoms with E-state index in [9.17, 15) is 4.79 Å². The third-order valence-corrected chi connectivity index (χ3v) is 5.21. The van der Waals surface area contributed by atoms with Gasteiger partial charge in [-0.3, -0.25) is 9.69 Å². The van der Waals surface area contributed by atoms with E-state index in [2.05, 4.69) is 29.3 Å². The summed E-state index contributed by atoms with van der Waals surface area (Å²) in [6.45, 7) is 7.79. The van der Waals surface area contributed by atoms with Crippen molar-refractivity contribution < 1.29 is 14.3 Å². The number of morpholine rings is 1. The van der Waals surface area contributed by atoms with Crippen LogP contribution in [0.2, 0.25) is 0 Å². The number of hydrogen-bond acceptors (Lipinski definition) is 4. The Morgan fingerprint density at radius 3 is 2.44 bits per heavy atom. The van der Waals surface area contributed by atoms with E-state index in [-0.39, 0.29) is 11.9 Å². The number of rotatable bonds is 6. The summed E-state index contributed by atoms with van der Waals surface area (Å²) in [5.41, 5.74) is 4.19. The van der Waals surface area contributed by atoms with E-state index in [0.29, 0.717) is 12.1 Å². The first-order valence-corrected chi connectivity index (χ1v) is 9.39. The molecule has 1 aliphatic heterocycles.